The summed E-state index contributed by atoms with van der Waals surface area (Å²) in [6, 6.07) is 0. The van der Waals surface area contributed by atoms with Gasteiger partial charge in [-0.25, -0.2) is 9.78 Å². The highest BCUT2D eigenvalue weighted by molar-refractivity contribution is 4.42. The van der Waals surface area contributed by atoms with E-state index in [0.29, 0.717) is 33.0 Å². The maximum atomic E-state index is 5.28. The van der Waals surface area contributed by atoms with Crippen LogP contribution in [0.25, 0.3) is 0 Å². The molecule has 18 heavy (non-hydrogen) atoms. The normalized spacial score (nSPS) is 11.0. The minimum atomic E-state index is 0.488. The summed E-state index contributed by atoms with van der Waals surface area (Å²) >= 11 is 0. The van der Waals surface area contributed by atoms with Crippen LogP contribution in [0.2, 0.25) is 0 Å². The van der Waals surface area contributed by atoms with Crippen molar-refractivity contribution in [2.45, 2.75) is 52.4 Å². The molecule has 0 amide bonds. The van der Waals surface area contributed by atoms with Gasteiger partial charge in [0.25, 0.3) is 0 Å². The quantitative estimate of drug-likeness (QED) is 0.258. The fourth-order valence-electron chi connectivity index (χ4n) is 1.52. The second-order valence-electron chi connectivity index (χ2n) is 4.22. The number of rotatable bonds is 15. The Kier molecular flexibility index (Phi) is 16.7. The minimum Gasteiger partial charge on any atom is -0.379 e. The second kappa shape index (κ2) is 16.8. The molecular weight excluding hydrogens is 232 g/mol. The Morgan fingerprint density at radius 2 is 1.17 bits per heavy atom. The Labute approximate surface area is 112 Å². The first-order valence-corrected chi connectivity index (χ1v) is 7.31. The van der Waals surface area contributed by atoms with E-state index >= 15 is 0 Å². The molecule has 0 bridgehead atoms. The van der Waals surface area contributed by atoms with Gasteiger partial charge in [0.15, 0.2) is 0 Å². The van der Waals surface area contributed by atoms with Crippen molar-refractivity contribution in [1.82, 2.24) is 0 Å². The van der Waals surface area contributed by atoms with Gasteiger partial charge in [-0.15, -0.1) is 0 Å². The molecule has 0 fully saturated rings. The van der Waals surface area contributed by atoms with Crippen LogP contribution >= 0.6 is 0 Å². The minimum absolute atomic E-state index is 0.488. The molecule has 0 rings (SSSR count). The summed E-state index contributed by atoms with van der Waals surface area (Å²) in [5.41, 5.74) is 0. The van der Waals surface area contributed by atoms with Crippen LogP contribution in [0.3, 0.4) is 0 Å². The summed E-state index contributed by atoms with van der Waals surface area (Å²) in [5.74, 6) is 0. The van der Waals surface area contributed by atoms with Gasteiger partial charge in [-0.1, -0.05) is 39.0 Å². The molecule has 0 saturated heterocycles. The average molecular weight is 262 g/mol. The van der Waals surface area contributed by atoms with Crippen LogP contribution in [0.15, 0.2) is 0 Å². The van der Waals surface area contributed by atoms with Crippen molar-refractivity contribution in [3.8, 4) is 0 Å². The summed E-state index contributed by atoms with van der Waals surface area (Å²) in [7, 11) is 0. The van der Waals surface area contributed by atoms with E-state index in [0.717, 1.165) is 13.0 Å². The van der Waals surface area contributed by atoms with Gasteiger partial charge in [0.2, 0.25) is 0 Å². The molecule has 0 aromatic rings. The molecule has 0 aliphatic rings. The second-order valence-corrected chi connectivity index (χ2v) is 4.22. The van der Waals surface area contributed by atoms with E-state index in [1.807, 2.05) is 6.92 Å². The highest BCUT2D eigenvalue weighted by atomic mass is 17.2. The third-order valence-corrected chi connectivity index (χ3v) is 2.55. The van der Waals surface area contributed by atoms with E-state index < -0.39 is 0 Å². The zero-order valence-electron chi connectivity index (χ0n) is 12.1. The van der Waals surface area contributed by atoms with Gasteiger partial charge in [0.05, 0.1) is 26.4 Å². The van der Waals surface area contributed by atoms with Crippen LogP contribution in [-0.4, -0.2) is 39.6 Å². The molecule has 0 atom stereocenters. The Balaban J connectivity index is 2.86. The molecule has 0 radical (unpaired) electrons. The SMILES string of the molecule is CCCCCCCCOOCCOCCOCC. The predicted molar refractivity (Wildman–Crippen MR) is 72.6 cm³/mol. The summed E-state index contributed by atoms with van der Waals surface area (Å²) in [4.78, 5) is 10.1. The van der Waals surface area contributed by atoms with E-state index in [4.69, 9.17) is 19.2 Å². The van der Waals surface area contributed by atoms with Crippen molar-refractivity contribution in [3.63, 3.8) is 0 Å². The largest absolute Gasteiger partial charge is 0.379 e. The van der Waals surface area contributed by atoms with Crippen molar-refractivity contribution in [2.24, 2.45) is 0 Å². The van der Waals surface area contributed by atoms with E-state index in [9.17, 15) is 0 Å². The van der Waals surface area contributed by atoms with Crippen LogP contribution in [0.5, 0.6) is 0 Å². The first kappa shape index (κ1) is 17.8. The van der Waals surface area contributed by atoms with E-state index in [1.54, 1.807) is 0 Å². The van der Waals surface area contributed by atoms with Crippen LogP contribution in [0.4, 0.5) is 0 Å². The molecule has 4 nitrogen and oxygen atoms in total. The van der Waals surface area contributed by atoms with Crippen molar-refractivity contribution in [3.05, 3.63) is 0 Å². The lowest BCUT2D eigenvalue weighted by atomic mass is 10.1. The van der Waals surface area contributed by atoms with Crippen LogP contribution in [0.1, 0.15) is 52.4 Å². The highest BCUT2D eigenvalue weighted by Gasteiger charge is 1.93. The molecule has 0 aromatic carbocycles. The first-order valence-electron chi connectivity index (χ1n) is 7.31. The average Bonchev–Trinajstić information content (AvgIpc) is 2.39. The molecular formula is C14H30O4. The fraction of sp³-hybridized carbons (Fsp3) is 1.00. The molecule has 0 spiro atoms. The lowest BCUT2D eigenvalue weighted by Gasteiger charge is -2.05. The Hall–Kier alpha value is -0.160. The van der Waals surface area contributed by atoms with E-state index in [2.05, 4.69) is 6.92 Å². The Morgan fingerprint density at radius 3 is 1.94 bits per heavy atom. The first-order chi connectivity index (χ1) is 8.91. The molecule has 0 unspecified atom stereocenters. The molecule has 0 aromatic heterocycles. The topological polar surface area (TPSA) is 36.9 Å². The summed E-state index contributed by atoms with van der Waals surface area (Å²) in [6.07, 6.45) is 7.59. The van der Waals surface area contributed by atoms with Gasteiger partial charge in [-0.2, -0.15) is 0 Å². The highest BCUT2D eigenvalue weighted by Crippen LogP contribution is 2.04. The number of hydrogen-bond donors (Lipinski definition) is 0. The lowest BCUT2D eigenvalue weighted by molar-refractivity contribution is -0.299. The van der Waals surface area contributed by atoms with Crippen LogP contribution < -0.4 is 0 Å². The standard InChI is InChI=1S/C14H30O4/c1-3-5-6-7-8-9-10-17-18-14-13-16-12-11-15-4-2/h3-14H2,1-2H3. The molecule has 0 aliphatic heterocycles. The summed E-state index contributed by atoms with van der Waals surface area (Å²) in [5, 5.41) is 0. The zero-order valence-corrected chi connectivity index (χ0v) is 12.1. The molecule has 0 aliphatic carbocycles. The fourth-order valence-corrected chi connectivity index (χ4v) is 1.52. The number of ether oxygens (including phenoxy) is 2. The van der Waals surface area contributed by atoms with Crippen molar-refractivity contribution < 1.29 is 19.2 Å². The number of unbranched alkanes of at least 4 members (excludes halogenated alkanes) is 5. The van der Waals surface area contributed by atoms with Crippen LogP contribution in [-0.2, 0) is 19.2 Å². The Bertz CT molecular complexity index is 126. The van der Waals surface area contributed by atoms with Gasteiger partial charge in [0, 0.05) is 6.61 Å². The Morgan fingerprint density at radius 1 is 0.556 bits per heavy atom. The van der Waals surface area contributed by atoms with Crippen molar-refractivity contribution >= 4 is 0 Å². The molecule has 110 valence electrons. The molecule has 0 N–H and O–H groups in total. The van der Waals surface area contributed by atoms with Gasteiger partial charge < -0.3 is 9.47 Å². The zero-order chi connectivity index (χ0) is 13.3. The van der Waals surface area contributed by atoms with Gasteiger partial charge >= 0.3 is 0 Å². The molecule has 0 heterocycles. The lowest BCUT2D eigenvalue weighted by Crippen LogP contribution is -2.09. The molecule has 4 heteroatoms. The third kappa shape index (κ3) is 15.8. The predicted octanol–water partition coefficient (Wildman–Crippen LogP) is 3.35. The summed E-state index contributed by atoms with van der Waals surface area (Å²) < 4.78 is 10.4. The number of hydrogen-bond acceptors (Lipinski definition) is 4. The monoisotopic (exact) mass is 262 g/mol. The van der Waals surface area contributed by atoms with E-state index in [-0.39, 0.29) is 0 Å². The van der Waals surface area contributed by atoms with Gasteiger partial charge in [-0.05, 0) is 13.3 Å². The van der Waals surface area contributed by atoms with Crippen molar-refractivity contribution in [1.29, 1.82) is 0 Å². The van der Waals surface area contributed by atoms with Gasteiger partial charge in [-0.3, -0.25) is 0 Å². The van der Waals surface area contributed by atoms with Gasteiger partial charge in [0.1, 0.15) is 6.61 Å². The maximum absolute atomic E-state index is 5.28. The van der Waals surface area contributed by atoms with Crippen molar-refractivity contribution in [2.75, 3.05) is 39.6 Å². The molecule has 0 saturated carbocycles. The maximum Gasteiger partial charge on any atom is 0.106 e. The third-order valence-electron chi connectivity index (χ3n) is 2.55. The van der Waals surface area contributed by atoms with E-state index in [1.165, 1.54) is 32.1 Å². The smallest absolute Gasteiger partial charge is 0.106 e. The van der Waals surface area contributed by atoms with Crippen LogP contribution in [0, 0.1) is 0 Å². The summed E-state index contributed by atoms with van der Waals surface area (Å²) in [6.45, 7) is 7.94.